The molecule has 0 aromatic carbocycles. The molecule has 1 aliphatic heterocycles. The lowest BCUT2D eigenvalue weighted by Crippen LogP contribution is -2.46. The Morgan fingerprint density at radius 1 is 1.35 bits per heavy atom. The van der Waals surface area contributed by atoms with Crippen LogP contribution in [0.1, 0.15) is 26.5 Å². The number of ether oxygens (including phenoxy) is 1. The summed E-state index contributed by atoms with van der Waals surface area (Å²) in [5.41, 5.74) is 7.97. The van der Waals surface area contributed by atoms with E-state index >= 15 is 0 Å². The van der Waals surface area contributed by atoms with Gasteiger partial charge in [-0.15, -0.1) is 0 Å². The van der Waals surface area contributed by atoms with E-state index in [2.05, 4.69) is 30.8 Å². The van der Waals surface area contributed by atoms with Crippen LogP contribution in [-0.2, 0) is 18.2 Å². The van der Waals surface area contributed by atoms with Crippen LogP contribution in [0.4, 0.5) is 11.5 Å². The van der Waals surface area contributed by atoms with Gasteiger partial charge in [0.2, 0.25) is 0 Å². The van der Waals surface area contributed by atoms with Crippen molar-refractivity contribution in [1.82, 2.24) is 9.78 Å². The highest BCUT2D eigenvalue weighted by molar-refractivity contribution is 5.66. The van der Waals surface area contributed by atoms with Crippen molar-refractivity contribution in [1.29, 1.82) is 0 Å². The quantitative estimate of drug-likeness (QED) is 0.840. The minimum absolute atomic E-state index is 0.234. The fourth-order valence-corrected chi connectivity index (χ4v) is 2.57. The molecule has 5 heteroatoms. The van der Waals surface area contributed by atoms with Crippen LogP contribution in [0, 0.1) is 0 Å². The van der Waals surface area contributed by atoms with Gasteiger partial charge >= 0.3 is 0 Å². The molecule has 5 nitrogen and oxygen atoms in total. The molecule has 0 spiro atoms. The molecule has 0 radical (unpaired) electrons. The summed E-state index contributed by atoms with van der Waals surface area (Å²) in [6.07, 6.45) is 1.34. The van der Waals surface area contributed by atoms with E-state index in [9.17, 15) is 0 Å². The Bertz CT molecular complexity index is 391. The maximum absolute atomic E-state index is 6.17. The third kappa shape index (κ3) is 2.24. The van der Waals surface area contributed by atoms with Gasteiger partial charge in [-0.25, -0.2) is 0 Å². The van der Waals surface area contributed by atoms with Crippen molar-refractivity contribution >= 4 is 11.5 Å². The fourth-order valence-electron chi connectivity index (χ4n) is 2.57. The van der Waals surface area contributed by atoms with Gasteiger partial charge in [-0.3, -0.25) is 4.68 Å². The lowest BCUT2D eigenvalue weighted by Gasteiger charge is -2.36. The summed E-state index contributed by atoms with van der Waals surface area (Å²) in [7, 11) is 1.95. The minimum atomic E-state index is 0.234. The fraction of sp³-hybridized carbons (Fsp3) is 0.750. The molecule has 96 valence electrons. The zero-order valence-corrected chi connectivity index (χ0v) is 11.1. The molecule has 1 aromatic rings. The molecular formula is C12H22N4O. The minimum Gasteiger partial charge on any atom is -0.394 e. The van der Waals surface area contributed by atoms with Crippen molar-refractivity contribution in [3.63, 3.8) is 0 Å². The Balaban J connectivity index is 2.30. The maximum atomic E-state index is 6.17. The van der Waals surface area contributed by atoms with Crippen LogP contribution < -0.4 is 10.6 Å². The van der Waals surface area contributed by atoms with Crippen LogP contribution in [0.2, 0.25) is 0 Å². The number of anilines is 2. The first kappa shape index (κ1) is 12.2. The number of nitrogen functional groups attached to an aromatic ring is 1. The molecular weight excluding hydrogens is 216 g/mol. The second kappa shape index (κ2) is 4.56. The molecule has 1 fully saturated rings. The first-order valence-electron chi connectivity index (χ1n) is 6.24. The smallest absolute Gasteiger partial charge is 0.150 e. The SMILES string of the molecule is CCc1nn(C)c(N2C[C@@H](C)O[C@@H](C)C2)c1N. The largest absolute Gasteiger partial charge is 0.394 e. The van der Waals surface area contributed by atoms with Crippen molar-refractivity contribution in [2.24, 2.45) is 7.05 Å². The van der Waals surface area contributed by atoms with Gasteiger partial charge in [-0.2, -0.15) is 5.10 Å². The molecule has 2 N–H and O–H groups in total. The molecule has 1 saturated heterocycles. The Morgan fingerprint density at radius 2 is 1.94 bits per heavy atom. The van der Waals surface area contributed by atoms with Crippen molar-refractivity contribution in [2.75, 3.05) is 23.7 Å². The van der Waals surface area contributed by atoms with Crippen LogP contribution in [-0.4, -0.2) is 35.1 Å². The molecule has 17 heavy (non-hydrogen) atoms. The van der Waals surface area contributed by atoms with Crippen LogP contribution in [0.5, 0.6) is 0 Å². The second-order valence-corrected chi connectivity index (χ2v) is 4.82. The highest BCUT2D eigenvalue weighted by atomic mass is 16.5. The Morgan fingerprint density at radius 3 is 2.41 bits per heavy atom. The first-order valence-corrected chi connectivity index (χ1v) is 6.24. The van der Waals surface area contributed by atoms with Gasteiger partial charge in [0, 0.05) is 20.1 Å². The monoisotopic (exact) mass is 238 g/mol. The molecule has 1 aliphatic rings. The molecule has 2 atom stereocenters. The number of morpholine rings is 1. The topological polar surface area (TPSA) is 56.3 Å². The van der Waals surface area contributed by atoms with Gasteiger partial charge in [-0.1, -0.05) is 6.92 Å². The van der Waals surface area contributed by atoms with E-state index in [1.165, 1.54) is 0 Å². The van der Waals surface area contributed by atoms with Gasteiger partial charge in [0.1, 0.15) is 0 Å². The first-order chi connectivity index (χ1) is 8.02. The molecule has 1 aromatic heterocycles. The molecule has 0 aliphatic carbocycles. The Hall–Kier alpha value is -1.23. The predicted molar refractivity (Wildman–Crippen MR) is 69.2 cm³/mol. The molecule has 0 bridgehead atoms. The Kier molecular flexibility index (Phi) is 3.28. The molecule has 0 amide bonds. The van der Waals surface area contributed by atoms with Crippen LogP contribution in [0.25, 0.3) is 0 Å². The normalized spacial score (nSPS) is 25.3. The van der Waals surface area contributed by atoms with Gasteiger partial charge in [0.25, 0.3) is 0 Å². The number of nitrogens with zero attached hydrogens (tertiary/aromatic N) is 3. The zero-order chi connectivity index (χ0) is 12.6. The number of aryl methyl sites for hydroxylation is 2. The molecule has 0 saturated carbocycles. The van der Waals surface area contributed by atoms with Gasteiger partial charge in [-0.05, 0) is 20.3 Å². The second-order valence-electron chi connectivity index (χ2n) is 4.82. The van der Waals surface area contributed by atoms with E-state index in [0.717, 1.165) is 36.7 Å². The summed E-state index contributed by atoms with van der Waals surface area (Å²) in [5.74, 6) is 1.03. The van der Waals surface area contributed by atoms with Crippen molar-refractivity contribution in [3.8, 4) is 0 Å². The van der Waals surface area contributed by atoms with Gasteiger partial charge in [0.05, 0.1) is 23.6 Å². The van der Waals surface area contributed by atoms with Crippen LogP contribution in [0.15, 0.2) is 0 Å². The van der Waals surface area contributed by atoms with Crippen molar-refractivity contribution in [2.45, 2.75) is 39.4 Å². The van der Waals surface area contributed by atoms with Gasteiger partial charge < -0.3 is 15.4 Å². The van der Waals surface area contributed by atoms with E-state index in [1.807, 2.05) is 11.7 Å². The van der Waals surface area contributed by atoms with E-state index in [4.69, 9.17) is 10.5 Å². The maximum Gasteiger partial charge on any atom is 0.150 e. The van der Waals surface area contributed by atoms with Crippen molar-refractivity contribution in [3.05, 3.63) is 5.69 Å². The summed E-state index contributed by atoms with van der Waals surface area (Å²) in [4.78, 5) is 2.28. The third-order valence-corrected chi connectivity index (χ3v) is 3.18. The molecule has 0 unspecified atom stereocenters. The Labute approximate surface area is 103 Å². The highest BCUT2D eigenvalue weighted by Crippen LogP contribution is 2.28. The molecule has 2 heterocycles. The van der Waals surface area contributed by atoms with E-state index in [0.29, 0.717) is 0 Å². The predicted octanol–water partition coefficient (Wildman–Crippen LogP) is 1.18. The number of nitrogens with two attached hydrogens (primary N) is 1. The van der Waals surface area contributed by atoms with E-state index < -0.39 is 0 Å². The highest BCUT2D eigenvalue weighted by Gasteiger charge is 2.26. The lowest BCUT2D eigenvalue weighted by molar-refractivity contribution is -0.00560. The number of rotatable bonds is 2. The average molecular weight is 238 g/mol. The number of hydrogen-bond donors (Lipinski definition) is 1. The summed E-state index contributed by atoms with van der Waals surface area (Å²) >= 11 is 0. The number of aromatic nitrogens is 2. The summed E-state index contributed by atoms with van der Waals surface area (Å²) in [6, 6.07) is 0. The summed E-state index contributed by atoms with van der Waals surface area (Å²) < 4.78 is 7.63. The lowest BCUT2D eigenvalue weighted by atomic mass is 10.2. The van der Waals surface area contributed by atoms with E-state index in [-0.39, 0.29) is 12.2 Å². The van der Waals surface area contributed by atoms with Crippen molar-refractivity contribution < 1.29 is 4.74 Å². The van der Waals surface area contributed by atoms with Crippen LogP contribution >= 0.6 is 0 Å². The standard InChI is InChI=1S/C12H22N4O/c1-5-10-11(13)12(15(4)14-10)16-6-8(2)17-9(3)7-16/h8-9H,5-7,13H2,1-4H3/t8-,9+. The third-order valence-electron chi connectivity index (χ3n) is 3.18. The van der Waals surface area contributed by atoms with E-state index in [1.54, 1.807) is 0 Å². The zero-order valence-electron chi connectivity index (χ0n) is 11.1. The van der Waals surface area contributed by atoms with Crippen LogP contribution in [0.3, 0.4) is 0 Å². The summed E-state index contributed by atoms with van der Waals surface area (Å²) in [5, 5.41) is 4.46. The van der Waals surface area contributed by atoms with Gasteiger partial charge in [0.15, 0.2) is 5.82 Å². The summed E-state index contributed by atoms with van der Waals surface area (Å²) in [6.45, 7) is 8.01. The number of hydrogen-bond acceptors (Lipinski definition) is 4. The average Bonchev–Trinajstić information content (AvgIpc) is 2.52. The molecule has 2 rings (SSSR count).